The highest BCUT2D eigenvalue weighted by atomic mass is 32.1. The van der Waals surface area contributed by atoms with Crippen molar-refractivity contribution < 1.29 is 14.0 Å². The molecule has 2 aromatic heterocycles. The molecule has 0 aliphatic carbocycles. The van der Waals surface area contributed by atoms with E-state index in [1.54, 1.807) is 23.5 Å². The van der Waals surface area contributed by atoms with Crippen LogP contribution in [0.4, 0.5) is 10.1 Å². The zero-order chi connectivity index (χ0) is 31.7. The molecule has 8 nitrogen and oxygen atoms in total. The Morgan fingerprint density at radius 2 is 1.80 bits per heavy atom. The number of halogens is 1. The number of likely N-dealkylation sites (tertiary alicyclic amines) is 1. The number of aromatic nitrogens is 3. The lowest BCUT2D eigenvalue weighted by Crippen LogP contribution is -2.43. The van der Waals surface area contributed by atoms with E-state index < -0.39 is 5.41 Å². The molecule has 2 aliphatic heterocycles. The van der Waals surface area contributed by atoms with Gasteiger partial charge in [0.05, 0.1) is 23.2 Å². The first-order chi connectivity index (χ1) is 22.4. The Morgan fingerprint density at radius 3 is 2.52 bits per heavy atom. The van der Waals surface area contributed by atoms with Gasteiger partial charge in [-0.2, -0.15) is 5.10 Å². The van der Waals surface area contributed by atoms with Gasteiger partial charge in [-0.25, -0.2) is 9.37 Å². The molecule has 1 fully saturated rings. The van der Waals surface area contributed by atoms with Gasteiger partial charge in [-0.05, 0) is 79.4 Å². The van der Waals surface area contributed by atoms with Crippen LogP contribution in [0, 0.1) is 11.2 Å². The Morgan fingerprint density at radius 1 is 1.02 bits per heavy atom. The van der Waals surface area contributed by atoms with Crippen molar-refractivity contribution in [2.75, 3.05) is 38.0 Å². The number of anilines is 1. The molecular formula is C36H35FN6O2S. The molecule has 1 saturated heterocycles. The van der Waals surface area contributed by atoms with Crippen LogP contribution in [-0.4, -0.2) is 69.5 Å². The molecule has 46 heavy (non-hydrogen) atoms. The van der Waals surface area contributed by atoms with Gasteiger partial charge >= 0.3 is 0 Å². The second kappa shape index (κ2) is 12.6. The lowest BCUT2D eigenvalue weighted by molar-refractivity contribution is -0.132. The third-order valence-electron chi connectivity index (χ3n) is 9.39. The van der Waals surface area contributed by atoms with E-state index in [0.717, 1.165) is 33.5 Å². The summed E-state index contributed by atoms with van der Waals surface area (Å²) in [6, 6.07) is 20.3. The number of rotatable bonds is 8. The number of benzene rings is 3. The average Bonchev–Trinajstić information content (AvgIpc) is 3.86. The van der Waals surface area contributed by atoms with Crippen molar-refractivity contribution in [1.82, 2.24) is 25.0 Å². The number of thiazole rings is 1. The molecule has 10 heteroatoms. The van der Waals surface area contributed by atoms with E-state index >= 15 is 0 Å². The topological polar surface area (TPSA) is 94.2 Å². The van der Waals surface area contributed by atoms with E-state index in [-0.39, 0.29) is 17.6 Å². The molecule has 1 atom stereocenters. The van der Waals surface area contributed by atoms with Crippen molar-refractivity contribution in [3.05, 3.63) is 95.8 Å². The Bertz CT molecular complexity index is 1900. The van der Waals surface area contributed by atoms with E-state index in [4.69, 9.17) is 0 Å². The lowest BCUT2D eigenvalue weighted by atomic mass is 9.83. The zero-order valence-corrected chi connectivity index (χ0v) is 26.4. The summed E-state index contributed by atoms with van der Waals surface area (Å²) >= 11 is 1.63. The Kier molecular flexibility index (Phi) is 8.23. The SMILES string of the molecule is CCC1(C(=O)Nc2ccc3[nH]nc(-c4ccc(F)cc4)c3c2)CCN(CC(=O)N2CC=C(c3ccc(-c4nccs4)cc3)CC2)C1. The van der Waals surface area contributed by atoms with E-state index in [9.17, 15) is 14.0 Å². The van der Waals surface area contributed by atoms with Gasteiger partial charge in [0, 0.05) is 53.4 Å². The molecule has 1 unspecified atom stereocenters. The highest BCUT2D eigenvalue weighted by molar-refractivity contribution is 7.13. The summed E-state index contributed by atoms with van der Waals surface area (Å²) in [5.74, 6) is -0.247. The predicted molar refractivity (Wildman–Crippen MR) is 181 cm³/mol. The number of fused-ring (bicyclic) bond motifs is 1. The van der Waals surface area contributed by atoms with Crippen molar-refractivity contribution >= 4 is 45.3 Å². The Balaban J connectivity index is 0.964. The molecule has 2 amide bonds. The first kappa shape index (κ1) is 30.0. The van der Waals surface area contributed by atoms with E-state index in [2.05, 4.69) is 55.7 Å². The minimum absolute atomic E-state index is 0.0393. The summed E-state index contributed by atoms with van der Waals surface area (Å²) in [7, 11) is 0. The summed E-state index contributed by atoms with van der Waals surface area (Å²) in [6.07, 6.45) is 6.16. The fraction of sp³-hybridized carbons (Fsp3) is 0.278. The Hall–Kier alpha value is -4.67. The molecule has 0 radical (unpaired) electrons. The molecule has 2 aliphatic rings. The molecule has 234 valence electrons. The number of amides is 2. The molecule has 3 aromatic carbocycles. The summed E-state index contributed by atoms with van der Waals surface area (Å²) in [6.45, 7) is 4.85. The molecular weight excluding hydrogens is 600 g/mol. The van der Waals surface area contributed by atoms with Gasteiger partial charge in [0.2, 0.25) is 11.8 Å². The Labute approximate surface area is 271 Å². The highest BCUT2D eigenvalue weighted by Crippen LogP contribution is 2.36. The molecule has 7 rings (SSSR count). The third kappa shape index (κ3) is 5.98. The van der Waals surface area contributed by atoms with E-state index in [1.165, 1.54) is 23.3 Å². The van der Waals surface area contributed by atoms with Gasteiger partial charge < -0.3 is 10.2 Å². The summed E-state index contributed by atoms with van der Waals surface area (Å²) in [5, 5.41) is 14.4. The number of carbonyl (C=O) groups excluding carboxylic acids is 2. The normalized spacial score (nSPS) is 18.6. The number of hydrogen-bond donors (Lipinski definition) is 2. The van der Waals surface area contributed by atoms with Gasteiger partial charge in [-0.15, -0.1) is 11.3 Å². The standard InChI is InChI=1S/C36H35FN6O2S/c1-2-36(35(45)39-29-11-12-31-30(21-29)33(41-40-31)26-7-9-28(37)10-8-26)15-19-42(23-36)22-32(44)43-17-13-25(14-18-43)24-3-5-27(6-4-24)34-38-16-20-46-34/h3-13,16,20-21H,2,14-15,17-19,22-23H2,1H3,(H,39,45)(H,40,41). The highest BCUT2D eigenvalue weighted by Gasteiger charge is 2.43. The minimum atomic E-state index is -0.578. The smallest absolute Gasteiger partial charge is 0.237 e. The van der Waals surface area contributed by atoms with Crippen LogP contribution in [-0.2, 0) is 9.59 Å². The summed E-state index contributed by atoms with van der Waals surface area (Å²) in [5.41, 5.74) is 5.98. The van der Waals surface area contributed by atoms with Crippen molar-refractivity contribution in [2.45, 2.75) is 26.2 Å². The second-order valence-electron chi connectivity index (χ2n) is 12.1. The largest absolute Gasteiger partial charge is 0.338 e. The maximum Gasteiger partial charge on any atom is 0.237 e. The zero-order valence-electron chi connectivity index (χ0n) is 25.6. The third-order valence-corrected chi connectivity index (χ3v) is 10.2. The van der Waals surface area contributed by atoms with Crippen LogP contribution in [0.1, 0.15) is 31.7 Å². The molecule has 0 saturated carbocycles. The van der Waals surface area contributed by atoms with Crippen molar-refractivity contribution in [3.8, 4) is 21.8 Å². The van der Waals surface area contributed by atoms with Gasteiger partial charge in [-0.3, -0.25) is 19.6 Å². The fourth-order valence-electron chi connectivity index (χ4n) is 6.55. The monoisotopic (exact) mass is 634 g/mol. The fourth-order valence-corrected chi connectivity index (χ4v) is 7.20. The van der Waals surface area contributed by atoms with Crippen LogP contribution in [0.2, 0.25) is 0 Å². The number of hydrogen-bond acceptors (Lipinski definition) is 6. The predicted octanol–water partition coefficient (Wildman–Crippen LogP) is 6.85. The summed E-state index contributed by atoms with van der Waals surface area (Å²) < 4.78 is 13.5. The number of nitrogens with one attached hydrogen (secondary N) is 2. The maximum absolute atomic E-state index is 13.7. The van der Waals surface area contributed by atoms with Crippen LogP contribution >= 0.6 is 11.3 Å². The second-order valence-corrected chi connectivity index (χ2v) is 13.0. The van der Waals surface area contributed by atoms with E-state index in [0.29, 0.717) is 56.9 Å². The molecule has 2 N–H and O–H groups in total. The quantitative estimate of drug-likeness (QED) is 0.195. The lowest BCUT2D eigenvalue weighted by Gasteiger charge is -2.30. The van der Waals surface area contributed by atoms with Crippen LogP contribution in [0.5, 0.6) is 0 Å². The van der Waals surface area contributed by atoms with Crippen molar-refractivity contribution in [2.24, 2.45) is 5.41 Å². The average molecular weight is 635 g/mol. The van der Waals surface area contributed by atoms with Crippen molar-refractivity contribution in [1.29, 1.82) is 0 Å². The van der Waals surface area contributed by atoms with Gasteiger partial charge in [-0.1, -0.05) is 37.3 Å². The van der Waals surface area contributed by atoms with Crippen LogP contribution in [0.15, 0.2) is 84.4 Å². The first-order valence-corrected chi connectivity index (χ1v) is 16.5. The number of aromatic amines is 1. The van der Waals surface area contributed by atoms with Crippen LogP contribution in [0.3, 0.4) is 0 Å². The number of nitrogens with zero attached hydrogens (tertiary/aromatic N) is 4. The van der Waals surface area contributed by atoms with Crippen LogP contribution < -0.4 is 5.32 Å². The summed E-state index contributed by atoms with van der Waals surface area (Å²) in [4.78, 5) is 35.5. The number of carbonyl (C=O) groups is 2. The van der Waals surface area contributed by atoms with Crippen molar-refractivity contribution in [3.63, 3.8) is 0 Å². The molecule has 5 aromatic rings. The molecule has 0 spiro atoms. The van der Waals surface area contributed by atoms with Gasteiger partial charge in [0.1, 0.15) is 10.8 Å². The van der Waals surface area contributed by atoms with Crippen LogP contribution in [0.25, 0.3) is 38.3 Å². The minimum Gasteiger partial charge on any atom is -0.338 e. The van der Waals surface area contributed by atoms with Gasteiger partial charge in [0.25, 0.3) is 0 Å². The van der Waals surface area contributed by atoms with Gasteiger partial charge in [0.15, 0.2) is 0 Å². The van der Waals surface area contributed by atoms with E-state index in [1.807, 2.05) is 41.6 Å². The first-order valence-electron chi connectivity index (χ1n) is 15.7. The molecule has 4 heterocycles. The maximum atomic E-state index is 13.7. The molecule has 0 bridgehead atoms. The number of H-pyrrole nitrogens is 1.